The molecule has 0 spiro atoms. The Labute approximate surface area is 117 Å². The van der Waals surface area contributed by atoms with E-state index in [1.165, 1.54) is 0 Å². The van der Waals surface area contributed by atoms with Gasteiger partial charge in [-0.3, -0.25) is 9.59 Å². The Kier molecular flexibility index (Phi) is 4.55. The van der Waals surface area contributed by atoms with Gasteiger partial charge in [-0.25, -0.2) is 0 Å². The van der Waals surface area contributed by atoms with E-state index in [1.807, 2.05) is 28.8 Å². The standard InChI is InChI=1S/C13H19N3O2S/c1-15-3-4-16(8-11(7-15)13(14)18)12(17)6-10-2-5-19-9-10/h2,5,9,11H,3-4,6-8H2,1H3,(H2,14,18)/t11-/m0/s1. The number of rotatable bonds is 3. The number of thiophene rings is 1. The maximum atomic E-state index is 12.3. The van der Waals surface area contributed by atoms with Gasteiger partial charge in [0.25, 0.3) is 0 Å². The first kappa shape index (κ1) is 14.0. The molecule has 104 valence electrons. The molecule has 0 aliphatic carbocycles. The lowest BCUT2D eigenvalue weighted by Gasteiger charge is -2.22. The zero-order valence-electron chi connectivity index (χ0n) is 11.0. The van der Waals surface area contributed by atoms with Gasteiger partial charge in [0.15, 0.2) is 0 Å². The summed E-state index contributed by atoms with van der Waals surface area (Å²) in [5.41, 5.74) is 6.43. The molecule has 1 aliphatic rings. The van der Waals surface area contributed by atoms with Crippen LogP contribution in [0.5, 0.6) is 0 Å². The van der Waals surface area contributed by atoms with Crippen LogP contribution in [0.3, 0.4) is 0 Å². The van der Waals surface area contributed by atoms with Crippen LogP contribution in [0.4, 0.5) is 0 Å². The first-order chi connectivity index (χ1) is 9.06. The van der Waals surface area contributed by atoms with Gasteiger partial charge in [-0.1, -0.05) is 0 Å². The molecule has 0 aromatic carbocycles. The lowest BCUT2D eigenvalue weighted by Crippen LogP contribution is -2.40. The van der Waals surface area contributed by atoms with Crippen molar-refractivity contribution in [1.29, 1.82) is 0 Å². The van der Waals surface area contributed by atoms with E-state index in [2.05, 4.69) is 0 Å². The summed E-state index contributed by atoms with van der Waals surface area (Å²) in [6.07, 6.45) is 0.401. The second-order valence-electron chi connectivity index (χ2n) is 5.01. The van der Waals surface area contributed by atoms with Crippen molar-refractivity contribution in [3.05, 3.63) is 22.4 Å². The van der Waals surface area contributed by atoms with Crippen LogP contribution in [0.15, 0.2) is 16.8 Å². The van der Waals surface area contributed by atoms with Gasteiger partial charge in [-0.2, -0.15) is 11.3 Å². The van der Waals surface area contributed by atoms with Crippen LogP contribution in [0.2, 0.25) is 0 Å². The Morgan fingerprint density at radius 3 is 2.84 bits per heavy atom. The average molecular weight is 281 g/mol. The van der Waals surface area contributed by atoms with Crippen LogP contribution < -0.4 is 5.73 Å². The summed E-state index contributed by atoms with van der Waals surface area (Å²) in [5.74, 6) is -0.541. The Bertz CT molecular complexity index is 447. The van der Waals surface area contributed by atoms with Crippen LogP contribution >= 0.6 is 11.3 Å². The zero-order chi connectivity index (χ0) is 13.8. The van der Waals surface area contributed by atoms with Gasteiger partial charge < -0.3 is 15.5 Å². The number of amides is 2. The fourth-order valence-electron chi connectivity index (χ4n) is 2.26. The highest BCUT2D eigenvalue weighted by atomic mass is 32.1. The normalized spacial score (nSPS) is 21.1. The Balaban J connectivity index is 2.01. The minimum Gasteiger partial charge on any atom is -0.369 e. The molecule has 0 saturated carbocycles. The molecule has 1 saturated heterocycles. The van der Waals surface area contributed by atoms with E-state index in [4.69, 9.17) is 5.73 Å². The maximum absolute atomic E-state index is 12.3. The van der Waals surface area contributed by atoms with Gasteiger partial charge in [-0.05, 0) is 29.4 Å². The fraction of sp³-hybridized carbons (Fsp3) is 0.538. The molecule has 1 atom stereocenters. The van der Waals surface area contributed by atoms with Crippen molar-refractivity contribution in [1.82, 2.24) is 9.80 Å². The summed E-state index contributed by atoms with van der Waals surface area (Å²) in [5, 5.41) is 3.94. The summed E-state index contributed by atoms with van der Waals surface area (Å²) in [6.45, 7) is 2.49. The molecule has 2 rings (SSSR count). The van der Waals surface area contributed by atoms with E-state index in [1.54, 1.807) is 16.2 Å². The molecule has 0 radical (unpaired) electrons. The van der Waals surface area contributed by atoms with Gasteiger partial charge in [-0.15, -0.1) is 0 Å². The predicted octanol–water partition coefficient (Wildman–Crippen LogP) is 0.166. The van der Waals surface area contributed by atoms with Crippen LogP contribution in [0, 0.1) is 5.92 Å². The maximum Gasteiger partial charge on any atom is 0.227 e. The van der Waals surface area contributed by atoms with Gasteiger partial charge in [0.2, 0.25) is 11.8 Å². The van der Waals surface area contributed by atoms with Gasteiger partial charge in [0.1, 0.15) is 0 Å². The van der Waals surface area contributed by atoms with Gasteiger partial charge in [0, 0.05) is 26.2 Å². The molecule has 2 N–H and O–H groups in total. The molecule has 2 amide bonds. The number of nitrogens with zero attached hydrogens (tertiary/aromatic N) is 2. The van der Waals surface area contributed by atoms with Crippen molar-refractivity contribution in [2.24, 2.45) is 11.7 Å². The van der Waals surface area contributed by atoms with Crippen molar-refractivity contribution in [2.75, 3.05) is 33.2 Å². The second-order valence-corrected chi connectivity index (χ2v) is 5.79. The van der Waals surface area contributed by atoms with E-state index in [9.17, 15) is 9.59 Å². The largest absolute Gasteiger partial charge is 0.369 e. The van der Waals surface area contributed by atoms with E-state index in [-0.39, 0.29) is 17.7 Å². The highest BCUT2D eigenvalue weighted by molar-refractivity contribution is 7.07. The van der Waals surface area contributed by atoms with Crippen molar-refractivity contribution in [3.8, 4) is 0 Å². The number of carbonyl (C=O) groups excluding carboxylic acids is 2. The third kappa shape index (κ3) is 3.78. The number of hydrogen-bond acceptors (Lipinski definition) is 4. The Morgan fingerprint density at radius 1 is 1.42 bits per heavy atom. The van der Waals surface area contributed by atoms with Crippen molar-refractivity contribution in [3.63, 3.8) is 0 Å². The van der Waals surface area contributed by atoms with Gasteiger partial charge in [0.05, 0.1) is 12.3 Å². The van der Waals surface area contributed by atoms with E-state index in [0.29, 0.717) is 26.1 Å². The average Bonchev–Trinajstić information content (AvgIpc) is 2.76. The summed E-state index contributed by atoms with van der Waals surface area (Å²) < 4.78 is 0. The SMILES string of the molecule is CN1CCN(C(=O)Cc2ccsc2)C[C@@H](C(N)=O)C1. The summed E-state index contributed by atoms with van der Waals surface area (Å²) in [6, 6.07) is 1.96. The van der Waals surface area contributed by atoms with Crippen LogP contribution in [-0.2, 0) is 16.0 Å². The van der Waals surface area contributed by atoms with Crippen LogP contribution in [-0.4, -0.2) is 54.8 Å². The first-order valence-corrected chi connectivity index (χ1v) is 7.27. The predicted molar refractivity (Wildman–Crippen MR) is 74.8 cm³/mol. The molecule has 1 aliphatic heterocycles. The number of primary amides is 1. The molecular weight excluding hydrogens is 262 g/mol. The van der Waals surface area contributed by atoms with E-state index in [0.717, 1.165) is 12.1 Å². The number of carbonyl (C=O) groups is 2. The van der Waals surface area contributed by atoms with E-state index < -0.39 is 0 Å². The molecule has 0 bridgehead atoms. The molecule has 1 fully saturated rings. The number of likely N-dealkylation sites (N-methyl/N-ethyl adjacent to an activating group) is 1. The minimum absolute atomic E-state index is 0.0694. The number of nitrogens with two attached hydrogens (primary N) is 1. The Morgan fingerprint density at radius 2 is 2.21 bits per heavy atom. The number of hydrogen-bond donors (Lipinski definition) is 1. The summed E-state index contributed by atoms with van der Waals surface area (Å²) in [4.78, 5) is 27.5. The molecule has 6 heteroatoms. The Hall–Kier alpha value is -1.40. The molecular formula is C13H19N3O2S. The monoisotopic (exact) mass is 281 g/mol. The highest BCUT2D eigenvalue weighted by Crippen LogP contribution is 2.12. The van der Waals surface area contributed by atoms with Gasteiger partial charge >= 0.3 is 0 Å². The molecule has 0 unspecified atom stereocenters. The van der Waals surface area contributed by atoms with Crippen molar-refractivity contribution < 1.29 is 9.59 Å². The highest BCUT2D eigenvalue weighted by Gasteiger charge is 2.27. The smallest absolute Gasteiger partial charge is 0.227 e. The zero-order valence-corrected chi connectivity index (χ0v) is 11.9. The topological polar surface area (TPSA) is 66.6 Å². The van der Waals surface area contributed by atoms with E-state index >= 15 is 0 Å². The lowest BCUT2D eigenvalue weighted by molar-refractivity contribution is -0.131. The first-order valence-electron chi connectivity index (χ1n) is 6.33. The molecule has 19 heavy (non-hydrogen) atoms. The summed E-state index contributed by atoms with van der Waals surface area (Å²) >= 11 is 1.59. The fourth-order valence-corrected chi connectivity index (χ4v) is 2.93. The lowest BCUT2D eigenvalue weighted by atomic mass is 10.1. The third-order valence-corrected chi connectivity index (χ3v) is 4.15. The molecule has 1 aromatic heterocycles. The van der Waals surface area contributed by atoms with Crippen LogP contribution in [0.1, 0.15) is 5.56 Å². The molecule has 1 aromatic rings. The quantitative estimate of drug-likeness (QED) is 0.858. The van der Waals surface area contributed by atoms with Crippen molar-refractivity contribution in [2.45, 2.75) is 6.42 Å². The van der Waals surface area contributed by atoms with Crippen molar-refractivity contribution >= 4 is 23.2 Å². The third-order valence-electron chi connectivity index (χ3n) is 3.41. The second kappa shape index (κ2) is 6.16. The van der Waals surface area contributed by atoms with Crippen LogP contribution in [0.25, 0.3) is 0 Å². The molecule has 5 nitrogen and oxygen atoms in total. The molecule has 2 heterocycles. The minimum atomic E-state index is -0.331. The summed E-state index contributed by atoms with van der Waals surface area (Å²) in [7, 11) is 1.95.